The fourth-order valence-corrected chi connectivity index (χ4v) is 1.92. The third-order valence-electron chi connectivity index (χ3n) is 3.56. The van der Waals surface area contributed by atoms with E-state index in [-0.39, 0.29) is 42.7 Å². The highest BCUT2D eigenvalue weighted by molar-refractivity contribution is 5.85. The molecule has 4 nitrogen and oxygen atoms in total. The topological polar surface area (TPSA) is 64.3 Å². The number of ether oxygens (including phenoxy) is 1. The lowest BCUT2D eigenvalue weighted by Gasteiger charge is -2.31. The predicted molar refractivity (Wildman–Crippen MR) is 84.3 cm³/mol. The van der Waals surface area contributed by atoms with Gasteiger partial charge in [0.05, 0.1) is 18.6 Å². The van der Waals surface area contributed by atoms with Crippen LogP contribution >= 0.6 is 12.4 Å². The van der Waals surface area contributed by atoms with Crippen molar-refractivity contribution in [3.05, 3.63) is 30.1 Å². The molecule has 0 saturated heterocycles. The van der Waals surface area contributed by atoms with Gasteiger partial charge in [0.2, 0.25) is 5.91 Å². The Morgan fingerprint density at radius 3 is 2.33 bits per heavy atom. The number of halogens is 2. The van der Waals surface area contributed by atoms with E-state index in [1.54, 1.807) is 0 Å². The maximum absolute atomic E-state index is 12.7. The fourth-order valence-electron chi connectivity index (χ4n) is 1.92. The van der Waals surface area contributed by atoms with Crippen LogP contribution in [0, 0.1) is 5.82 Å². The van der Waals surface area contributed by atoms with Crippen molar-refractivity contribution in [1.29, 1.82) is 0 Å². The molecule has 0 fully saturated rings. The summed E-state index contributed by atoms with van der Waals surface area (Å²) in [7, 11) is 0. The SMILES string of the molecule is CCC(CC)(CN)NC(=O)CCOc1ccc(F)cc1.Cl. The zero-order valence-electron chi connectivity index (χ0n) is 12.5. The summed E-state index contributed by atoms with van der Waals surface area (Å²) < 4.78 is 18.1. The van der Waals surface area contributed by atoms with E-state index in [1.807, 2.05) is 13.8 Å². The molecule has 1 aromatic carbocycles. The highest BCUT2D eigenvalue weighted by Gasteiger charge is 2.25. The van der Waals surface area contributed by atoms with Gasteiger partial charge in [-0.3, -0.25) is 4.79 Å². The Morgan fingerprint density at radius 1 is 1.29 bits per heavy atom. The van der Waals surface area contributed by atoms with Crippen LogP contribution in [0.5, 0.6) is 5.75 Å². The van der Waals surface area contributed by atoms with Crippen LogP contribution in [0.15, 0.2) is 24.3 Å². The Kier molecular flexibility index (Phi) is 8.97. The van der Waals surface area contributed by atoms with Gasteiger partial charge in [-0.2, -0.15) is 0 Å². The molecule has 1 rings (SSSR count). The zero-order valence-corrected chi connectivity index (χ0v) is 13.3. The van der Waals surface area contributed by atoms with Crippen LogP contribution in [-0.4, -0.2) is 24.6 Å². The smallest absolute Gasteiger partial charge is 0.223 e. The number of benzene rings is 1. The van der Waals surface area contributed by atoms with Crippen LogP contribution in [0.25, 0.3) is 0 Å². The van der Waals surface area contributed by atoms with Gasteiger partial charge in [-0.05, 0) is 37.1 Å². The molecule has 0 heterocycles. The minimum absolute atomic E-state index is 0. The first-order valence-electron chi connectivity index (χ1n) is 6.94. The van der Waals surface area contributed by atoms with E-state index in [1.165, 1.54) is 24.3 Å². The normalized spacial score (nSPS) is 10.7. The number of amides is 1. The van der Waals surface area contributed by atoms with Gasteiger partial charge in [0.1, 0.15) is 11.6 Å². The molecule has 0 spiro atoms. The summed E-state index contributed by atoms with van der Waals surface area (Å²) in [5, 5.41) is 2.97. The highest BCUT2D eigenvalue weighted by Crippen LogP contribution is 2.14. The lowest BCUT2D eigenvalue weighted by atomic mass is 9.93. The van der Waals surface area contributed by atoms with Crippen molar-refractivity contribution < 1.29 is 13.9 Å². The van der Waals surface area contributed by atoms with Gasteiger partial charge >= 0.3 is 0 Å². The van der Waals surface area contributed by atoms with Crippen molar-refractivity contribution in [1.82, 2.24) is 5.32 Å². The minimum atomic E-state index is -0.326. The number of nitrogens with one attached hydrogen (secondary N) is 1. The van der Waals surface area contributed by atoms with Crippen LogP contribution < -0.4 is 15.8 Å². The molecule has 1 amide bonds. The largest absolute Gasteiger partial charge is 0.493 e. The average Bonchev–Trinajstić information content (AvgIpc) is 2.47. The summed E-state index contributed by atoms with van der Waals surface area (Å²) in [6.45, 7) is 4.69. The molecule has 0 aliphatic heterocycles. The Balaban J connectivity index is 0.00000400. The predicted octanol–water partition coefficient (Wildman–Crippen LogP) is 2.65. The third-order valence-corrected chi connectivity index (χ3v) is 3.56. The van der Waals surface area contributed by atoms with Crippen molar-refractivity contribution in [2.24, 2.45) is 5.73 Å². The molecule has 0 aliphatic carbocycles. The standard InChI is InChI=1S/C15H23FN2O2.ClH/c1-3-15(4-2,11-17)18-14(19)9-10-20-13-7-5-12(16)6-8-13;/h5-8H,3-4,9-11,17H2,1-2H3,(H,18,19);1H. The molecule has 0 saturated carbocycles. The minimum Gasteiger partial charge on any atom is -0.493 e. The number of hydrogen-bond acceptors (Lipinski definition) is 3. The molecular formula is C15H24ClFN2O2. The third kappa shape index (κ3) is 6.31. The van der Waals surface area contributed by atoms with Crippen LogP contribution in [0.3, 0.4) is 0 Å². The molecule has 0 radical (unpaired) electrons. The van der Waals surface area contributed by atoms with Gasteiger partial charge in [-0.15, -0.1) is 12.4 Å². The van der Waals surface area contributed by atoms with Gasteiger partial charge in [-0.1, -0.05) is 13.8 Å². The number of rotatable bonds is 8. The van der Waals surface area contributed by atoms with E-state index in [2.05, 4.69) is 5.32 Å². The quantitative estimate of drug-likeness (QED) is 0.774. The van der Waals surface area contributed by atoms with Gasteiger partial charge in [0, 0.05) is 6.54 Å². The summed E-state index contributed by atoms with van der Waals surface area (Å²) in [5.74, 6) is 0.158. The molecule has 0 unspecified atom stereocenters. The molecule has 1 aromatic rings. The zero-order chi connectivity index (χ0) is 15.0. The highest BCUT2D eigenvalue weighted by atomic mass is 35.5. The summed E-state index contributed by atoms with van der Waals surface area (Å²) in [5.41, 5.74) is 5.40. The Labute approximate surface area is 131 Å². The number of hydrogen-bond donors (Lipinski definition) is 2. The second-order valence-electron chi connectivity index (χ2n) is 4.79. The van der Waals surface area contributed by atoms with E-state index >= 15 is 0 Å². The molecule has 6 heteroatoms. The molecule has 0 atom stereocenters. The van der Waals surface area contributed by atoms with E-state index in [9.17, 15) is 9.18 Å². The molecule has 3 N–H and O–H groups in total. The Hall–Kier alpha value is -1.33. The average molecular weight is 319 g/mol. The van der Waals surface area contributed by atoms with Crippen molar-refractivity contribution in [2.75, 3.05) is 13.2 Å². The van der Waals surface area contributed by atoms with Gasteiger partial charge < -0.3 is 15.8 Å². The first-order chi connectivity index (χ1) is 9.55. The molecule has 120 valence electrons. The molecule has 0 aliphatic rings. The maximum Gasteiger partial charge on any atom is 0.223 e. The van der Waals surface area contributed by atoms with Crippen molar-refractivity contribution in [3.63, 3.8) is 0 Å². The fraction of sp³-hybridized carbons (Fsp3) is 0.533. The monoisotopic (exact) mass is 318 g/mol. The van der Waals surface area contributed by atoms with Crippen LogP contribution in [-0.2, 0) is 4.79 Å². The molecule has 0 bridgehead atoms. The first-order valence-corrected chi connectivity index (χ1v) is 6.94. The van der Waals surface area contributed by atoms with Crippen LogP contribution in [0.1, 0.15) is 33.1 Å². The van der Waals surface area contributed by atoms with Crippen molar-refractivity contribution in [2.45, 2.75) is 38.6 Å². The number of carbonyl (C=O) groups excluding carboxylic acids is 1. The summed E-state index contributed by atoms with van der Waals surface area (Å²) in [4.78, 5) is 11.9. The second kappa shape index (κ2) is 9.58. The van der Waals surface area contributed by atoms with E-state index < -0.39 is 0 Å². The van der Waals surface area contributed by atoms with Gasteiger partial charge in [0.15, 0.2) is 0 Å². The Bertz CT molecular complexity index is 414. The van der Waals surface area contributed by atoms with Crippen molar-refractivity contribution >= 4 is 18.3 Å². The lowest BCUT2D eigenvalue weighted by molar-refractivity contribution is -0.123. The summed E-state index contributed by atoms with van der Waals surface area (Å²) in [6.07, 6.45) is 1.84. The van der Waals surface area contributed by atoms with Crippen molar-refractivity contribution in [3.8, 4) is 5.75 Å². The van der Waals surface area contributed by atoms with E-state index in [0.29, 0.717) is 12.3 Å². The second-order valence-corrected chi connectivity index (χ2v) is 4.79. The van der Waals surface area contributed by atoms with E-state index in [0.717, 1.165) is 12.8 Å². The molecular weight excluding hydrogens is 295 g/mol. The van der Waals surface area contributed by atoms with Gasteiger partial charge in [0.25, 0.3) is 0 Å². The Morgan fingerprint density at radius 2 is 1.86 bits per heavy atom. The van der Waals surface area contributed by atoms with E-state index in [4.69, 9.17) is 10.5 Å². The maximum atomic E-state index is 12.7. The summed E-state index contributed by atoms with van der Waals surface area (Å²) >= 11 is 0. The van der Waals surface area contributed by atoms with Crippen LogP contribution in [0.4, 0.5) is 4.39 Å². The lowest BCUT2D eigenvalue weighted by Crippen LogP contribution is -2.53. The first kappa shape index (κ1) is 19.7. The number of carbonyl (C=O) groups is 1. The van der Waals surface area contributed by atoms with Gasteiger partial charge in [-0.25, -0.2) is 4.39 Å². The molecule has 0 aromatic heterocycles. The molecule has 21 heavy (non-hydrogen) atoms. The summed E-state index contributed by atoms with van der Waals surface area (Å²) in [6, 6.07) is 5.72. The van der Waals surface area contributed by atoms with Crippen LogP contribution in [0.2, 0.25) is 0 Å². The number of nitrogens with two attached hydrogens (primary N) is 1.